The van der Waals surface area contributed by atoms with Crippen LogP contribution in [0.5, 0.6) is 0 Å². The van der Waals surface area contributed by atoms with Crippen molar-refractivity contribution in [1.29, 1.82) is 0 Å². The number of aryl methyl sites for hydroxylation is 1. The van der Waals surface area contributed by atoms with Gasteiger partial charge in [0.15, 0.2) is 0 Å². The second kappa shape index (κ2) is 11.0. The molecule has 32 heavy (non-hydrogen) atoms. The molecule has 0 saturated carbocycles. The molecule has 1 saturated heterocycles. The van der Waals surface area contributed by atoms with Crippen LogP contribution in [0.2, 0.25) is 0 Å². The molecular formula is C22H28N4O4S2. The minimum Gasteiger partial charge on any atom is -0.383 e. The molecule has 8 nitrogen and oxygen atoms in total. The van der Waals surface area contributed by atoms with E-state index in [1.165, 1.54) is 21.1 Å². The van der Waals surface area contributed by atoms with Gasteiger partial charge in [0.1, 0.15) is 15.8 Å². The summed E-state index contributed by atoms with van der Waals surface area (Å²) in [5, 5.41) is 3.26. The number of methoxy groups -OCH3 is 1. The number of anilines is 1. The fourth-order valence-electron chi connectivity index (χ4n) is 3.18. The molecule has 0 aromatic carbocycles. The van der Waals surface area contributed by atoms with Crippen molar-refractivity contribution in [3.05, 3.63) is 44.7 Å². The topological polar surface area (TPSA) is 85.2 Å². The van der Waals surface area contributed by atoms with Gasteiger partial charge in [0.25, 0.3) is 11.5 Å². The van der Waals surface area contributed by atoms with Crippen LogP contribution in [0.15, 0.2) is 28.0 Å². The Kier molecular flexibility index (Phi) is 8.41. The Morgan fingerprint density at radius 1 is 1.31 bits per heavy atom. The fourth-order valence-corrected chi connectivity index (χ4v) is 4.47. The highest BCUT2D eigenvalue weighted by Crippen LogP contribution is 2.32. The first-order valence-electron chi connectivity index (χ1n) is 10.4. The molecule has 10 heteroatoms. The van der Waals surface area contributed by atoms with E-state index in [0.29, 0.717) is 52.6 Å². The van der Waals surface area contributed by atoms with E-state index in [9.17, 15) is 9.59 Å². The van der Waals surface area contributed by atoms with Gasteiger partial charge in [-0.05, 0) is 44.9 Å². The lowest BCUT2D eigenvalue weighted by Gasteiger charge is -2.14. The summed E-state index contributed by atoms with van der Waals surface area (Å²) in [5.41, 5.74) is 1.53. The first-order chi connectivity index (χ1) is 15.3. The zero-order valence-corrected chi connectivity index (χ0v) is 20.3. The van der Waals surface area contributed by atoms with Crippen molar-refractivity contribution in [1.82, 2.24) is 14.3 Å². The summed E-state index contributed by atoms with van der Waals surface area (Å²) in [6, 6.07) is 3.71. The van der Waals surface area contributed by atoms with Crippen molar-refractivity contribution in [2.45, 2.75) is 33.3 Å². The minimum atomic E-state index is -0.248. The molecule has 3 rings (SSSR count). The normalized spacial score (nSPS) is 15.5. The number of thiocarbonyl (C=S) groups is 1. The molecule has 0 bridgehead atoms. The van der Waals surface area contributed by atoms with E-state index in [0.717, 1.165) is 12.0 Å². The average Bonchev–Trinajstić information content (AvgIpc) is 3.01. The van der Waals surface area contributed by atoms with Crippen LogP contribution in [0.25, 0.3) is 11.7 Å². The Morgan fingerprint density at radius 2 is 2.09 bits per heavy atom. The number of carbonyl (C=O) groups excluding carboxylic acids is 1. The zero-order valence-electron chi connectivity index (χ0n) is 18.7. The highest BCUT2D eigenvalue weighted by molar-refractivity contribution is 8.26. The maximum absolute atomic E-state index is 13.3. The number of ether oxygens (including phenoxy) is 2. The second-order valence-corrected chi connectivity index (χ2v) is 9.27. The van der Waals surface area contributed by atoms with Crippen LogP contribution >= 0.6 is 24.0 Å². The lowest BCUT2D eigenvalue weighted by molar-refractivity contribution is -0.122. The van der Waals surface area contributed by atoms with Crippen LogP contribution in [-0.4, -0.2) is 64.0 Å². The molecule has 0 unspecified atom stereocenters. The van der Waals surface area contributed by atoms with E-state index < -0.39 is 0 Å². The van der Waals surface area contributed by atoms with Crippen molar-refractivity contribution in [2.24, 2.45) is 0 Å². The van der Waals surface area contributed by atoms with Crippen molar-refractivity contribution >= 4 is 51.7 Å². The third-order valence-electron chi connectivity index (χ3n) is 4.82. The molecule has 1 aliphatic rings. The van der Waals surface area contributed by atoms with Gasteiger partial charge in [0, 0.05) is 26.5 Å². The third-order valence-corrected chi connectivity index (χ3v) is 6.19. The molecule has 2 aromatic heterocycles. The summed E-state index contributed by atoms with van der Waals surface area (Å²) in [7, 11) is 1.57. The van der Waals surface area contributed by atoms with Crippen molar-refractivity contribution in [3.63, 3.8) is 0 Å². The number of thioether (sulfide) groups is 1. The van der Waals surface area contributed by atoms with Gasteiger partial charge < -0.3 is 14.8 Å². The van der Waals surface area contributed by atoms with Crippen LogP contribution in [0.4, 0.5) is 5.82 Å². The van der Waals surface area contributed by atoms with Gasteiger partial charge >= 0.3 is 0 Å². The summed E-state index contributed by atoms with van der Waals surface area (Å²) in [4.78, 5) is 32.8. The Hall–Kier alpha value is -2.27. The summed E-state index contributed by atoms with van der Waals surface area (Å²) >= 11 is 6.53. The number of rotatable bonds is 10. The number of nitrogens with zero attached hydrogens (tertiary/aromatic N) is 3. The predicted octanol–water partition coefficient (Wildman–Crippen LogP) is 3.08. The Labute approximate surface area is 197 Å². The van der Waals surface area contributed by atoms with Gasteiger partial charge in [-0.3, -0.25) is 18.9 Å². The summed E-state index contributed by atoms with van der Waals surface area (Å²) in [6.45, 7) is 7.81. The predicted molar refractivity (Wildman–Crippen MR) is 132 cm³/mol. The molecule has 0 atom stereocenters. The Morgan fingerprint density at radius 3 is 2.81 bits per heavy atom. The van der Waals surface area contributed by atoms with Gasteiger partial charge in [0.2, 0.25) is 0 Å². The lowest BCUT2D eigenvalue weighted by Crippen LogP contribution is -2.31. The monoisotopic (exact) mass is 476 g/mol. The number of hydrogen-bond acceptors (Lipinski definition) is 8. The largest absolute Gasteiger partial charge is 0.383 e. The molecule has 3 heterocycles. The number of hydrogen-bond donors (Lipinski definition) is 1. The molecule has 1 fully saturated rings. The first kappa shape index (κ1) is 24.4. The van der Waals surface area contributed by atoms with E-state index >= 15 is 0 Å². The number of nitrogens with one attached hydrogen (secondary N) is 1. The quantitative estimate of drug-likeness (QED) is 0.318. The molecule has 0 radical (unpaired) electrons. The van der Waals surface area contributed by atoms with Gasteiger partial charge in [0.05, 0.1) is 29.7 Å². The van der Waals surface area contributed by atoms with E-state index in [1.807, 2.05) is 26.8 Å². The molecule has 0 aliphatic carbocycles. The number of pyridine rings is 1. The standard InChI is InChI=1S/C22H28N4O4S2/c1-14(2)30-11-6-8-23-18-16(20(27)25-9-5-7-15(3)19(25)24-18)13-17-21(28)26(10-12-29-4)22(31)32-17/h5,7,9,13-14,23H,6,8,10-12H2,1-4H3/b17-13-. The lowest BCUT2D eigenvalue weighted by atomic mass is 10.2. The third kappa shape index (κ3) is 5.55. The first-order valence-corrected chi connectivity index (χ1v) is 11.7. The number of aromatic nitrogens is 2. The summed E-state index contributed by atoms with van der Waals surface area (Å²) in [5.74, 6) is 0.207. The van der Waals surface area contributed by atoms with Crippen LogP contribution in [0.3, 0.4) is 0 Å². The molecule has 1 amide bonds. The van der Waals surface area contributed by atoms with Gasteiger partial charge in [-0.2, -0.15) is 0 Å². The SMILES string of the molecule is COCCN1C(=O)/C(=C/c2c(NCCCOC(C)C)nc3c(C)cccn3c2=O)SC1=S. The second-order valence-electron chi connectivity index (χ2n) is 7.59. The van der Waals surface area contributed by atoms with E-state index in [2.05, 4.69) is 5.32 Å². The molecule has 1 aliphatic heterocycles. The van der Waals surface area contributed by atoms with Crippen LogP contribution in [0, 0.1) is 6.92 Å². The Balaban J connectivity index is 1.96. The van der Waals surface area contributed by atoms with Gasteiger partial charge in [-0.25, -0.2) is 4.98 Å². The molecule has 2 aromatic rings. The highest BCUT2D eigenvalue weighted by Gasteiger charge is 2.32. The van der Waals surface area contributed by atoms with Crippen molar-refractivity contribution < 1.29 is 14.3 Å². The summed E-state index contributed by atoms with van der Waals surface area (Å²) < 4.78 is 12.6. The summed E-state index contributed by atoms with van der Waals surface area (Å²) in [6.07, 6.45) is 4.19. The minimum absolute atomic E-state index is 0.164. The zero-order chi connectivity index (χ0) is 23.3. The van der Waals surface area contributed by atoms with Gasteiger partial charge in [-0.1, -0.05) is 30.0 Å². The van der Waals surface area contributed by atoms with Crippen molar-refractivity contribution in [2.75, 3.05) is 38.7 Å². The number of carbonyl (C=O) groups is 1. The fraction of sp³-hybridized carbons (Fsp3) is 0.455. The Bertz CT molecular complexity index is 1100. The van der Waals surface area contributed by atoms with Crippen LogP contribution in [0.1, 0.15) is 31.4 Å². The number of amides is 1. The van der Waals surface area contributed by atoms with Crippen molar-refractivity contribution in [3.8, 4) is 0 Å². The van der Waals surface area contributed by atoms with Crippen LogP contribution < -0.4 is 10.9 Å². The van der Waals surface area contributed by atoms with E-state index in [4.69, 9.17) is 26.7 Å². The van der Waals surface area contributed by atoms with Crippen LogP contribution in [-0.2, 0) is 14.3 Å². The highest BCUT2D eigenvalue weighted by atomic mass is 32.2. The van der Waals surface area contributed by atoms with E-state index in [1.54, 1.807) is 25.4 Å². The average molecular weight is 477 g/mol. The van der Waals surface area contributed by atoms with E-state index in [-0.39, 0.29) is 17.6 Å². The molecule has 172 valence electrons. The molecule has 0 spiro atoms. The smallest absolute Gasteiger partial charge is 0.267 e. The molecular weight excluding hydrogens is 448 g/mol. The number of fused-ring (bicyclic) bond motifs is 1. The maximum atomic E-state index is 13.3. The van der Waals surface area contributed by atoms with Gasteiger partial charge in [-0.15, -0.1) is 0 Å². The molecule has 1 N–H and O–H groups in total. The maximum Gasteiger partial charge on any atom is 0.267 e.